The quantitative estimate of drug-likeness (QED) is 0.610. The first-order valence-electron chi connectivity index (χ1n) is 5.64. The lowest BCUT2D eigenvalue weighted by Crippen LogP contribution is -2.54. The summed E-state index contributed by atoms with van der Waals surface area (Å²) in [7, 11) is 0.294. The number of hydrogen-bond acceptors (Lipinski definition) is 3. The Kier molecular flexibility index (Phi) is 3.81. The molecule has 0 N–H and O–H groups in total. The van der Waals surface area contributed by atoms with Crippen LogP contribution in [0.1, 0.15) is 0 Å². The molecule has 94 valence electrons. The zero-order valence-electron chi connectivity index (χ0n) is 10.6. The molecule has 0 aliphatic carbocycles. The Morgan fingerprint density at radius 3 is 2.33 bits per heavy atom. The molecule has 0 spiro atoms. The van der Waals surface area contributed by atoms with Gasteiger partial charge in [0.05, 0.1) is 6.26 Å². The predicted molar refractivity (Wildman–Crippen MR) is 74.6 cm³/mol. The fraction of sp³-hybridized carbons (Fsp3) is 0.143. The van der Waals surface area contributed by atoms with Crippen LogP contribution >= 0.6 is 0 Å². The minimum absolute atomic E-state index is 0.950. The topological polar surface area (TPSA) is 27.7 Å². The first-order chi connectivity index (χ1) is 8.77. The number of benzene rings is 2. The van der Waals surface area contributed by atoms with E-state index in [0.29, 0.717) is 0 Å². The van der Waals surface area contributed by atoms with Crippen molar-refractivity contribution < 1.29 is 13.3 Å². The Morgan fingerprint density at radius 1 is 1.00 bits per heavy atom. The van der Waals surface area contributed by atoms with Crippen molar-refractivity contribution in [3.8, 4) is 0 Å². The van der Waals surface area contributed by atoms with E-state index in [1.165, 1.54) is 6.26 Å². The lowest BCUT2D eigenvalue weighted by Gasteiger charge is -2.26. The average Bonchev–Trinajstić information content (AvgIpc) is 2.44. The summed E-state index contributed by atoms with van der Waals surface area (Å²) in [6, 6.07) is 14.1. The highest BCUT2D eigenvalue weighted by atomic mass is 28.4. The van der Waals surface area contributed by atoms with Crippen molar-refractivity contribution in [2.24, 2.45) is 0 Å². The second kappa shape index (κ2) is 5.35. The van der Waals surface area contributed by atoms with Crippen LogP contribution in [0.5, 0.6) is 0 Å². The van der Waals surface area contributed by atoms with Gasteiger partial charge >= 0.3 is 8.80 Å². The molecule has 2 rings (SSSR count). The summed E-state index contributed by atoms with van der Waals surface area (Å²) in [5.41, 5.74) is 0. The fourth-order valence-corrected chi connectivity index (χ4v) is 4.07. The summed E-state index contributed by atoms with van der Waals surface area (Å²) in [6.45, 7) is 3.60. The summed E-state index contributed by atoms with van der Waals surface area (Å²) >= 11 is 0. The van der Waals surface area contributed by atoms with Gasteiger partial charge in [-0.2, -0.15) is 0 Å². The molecule has 0 amide bonds. The third-order valence-corrected chi connectivity index (χ3v) is 5.54. The molecule has 0 aliphatic heterocycles. The van der Waals surface area contributed by atoms with Gasteiger partial charge in [-0.05, 0) is 10.8 Å². The van der Waals surface area contributed by atoms with Gasteiger partial charge in [0.25, 0.3) is 0 Å². The molecule has 2 aromatic rings. The van der Waals surface area contributed by atoms with Gasteiger partial charge in [-0.1, -0.05) is 49.0 Å². The maximum Gasteiger partial charge on any atom is 0.602 e. The first-order valence-corrected chi connectivity index (χ1v) is 7.37. The molecule has 0 saturated heterocycles. The van der Waals surface area contributed by atoms with Gasteiger partial charge in [-0.3, -0.25) is 0 Å². The summed E-state index contributed by atoms with van der Waals surface area (Å²) < 4.78 is 16.7. The van der Waals surface area contributed by atoms with Crippen molar-refractivity contribution >= 4 is 24.8 Å². The SMILES string of the molecule is C=CO[Si](OC)(OC)c1cccc2ccccc12. The monoisotopic (exact) mass is 260 g/mol. The minimum atomic E-state index is -2.90. The maximum atomic E-state index is 5.58. The third kappa shape index (κ3) is 2.06. The lowest BCUT2D eigenvalue weighted by atomic mass is 10.1. The van der Waals surface area contributed by atoms with Crippen molar-refractivity contribution in [3.05, 3.63) is 55.3 Å². The van der Waals surface area contributed by atoms with Gasteiger partial charge in [0.1, 0.15) is 0 Å². The van der Waals surface area contributed by atoms with E-state index in [0.717, 1.165) is 16.0 Å². The van der Waals surface area contributed by atoms with E-state index in [2.05, 4.69) is 18.7 Å². The second-order valence-corrected chi connectivity index (χ2v) is 6.48. The van der Waals surface area contributed by atoms with Crippen LogP contribution < -0.4 is 5.19 Å². The Hall–Kier alpha value is -1.62. The molecular weight excluding hydrogens is 244 g/mol. The average molecular weight is 260 g/mol. The Labute approximate surface area is 108 Å². The van der Waals surface area contributed by atoms with Gasteiger partial charge in [0, 0.05) is 19.4 Å². The molecule has 0 heterocycles. The smallest absolute Gasteiger partial charge is 0.505 e. The van der Waals surface area contributed by atoms with Crippen molar-refractivity contribution in [3.63, 3.8) is 0 Å². The van der Waals surface area contributed by atoms with Crippen LogP contribution in [0.25, 0.3) is 10.8 Å². The van der Waals surface area contributed by atoms with Gasteiger partial charge in [-0.25, -0.2) is 0 Å². The molecule has 0 aliphatic rings. The summed E-state index contributed by atoms with van der Waals surface area (Å²) in [6.07, 6.45) is 1.38. The normalized spacial score (nSPS) is 11.4. The van der Waals surface area contributed by atoms with Gasteiger partial charge < -0.3 is 13.3 Å². The molecule has 3 nitrogen and oxygen atoms in total. The minimum Gasteiger partial charge on any atom is -0.505 e. The van der Waals surface area contributed by atoms with Gasteiger partial charge in [0.15, 0.2) is 0 Å². The summed E-state index contributed by atoms with van der Waals surface area (Å²) in [5, 5.41) is 3.16. The molecule has 4 heteroatoms. The largest absolute Gasteiger partial charge is 0.602 e. The highest BCUT2D eigenvalue weighted by Gasteiger charge is 2.44. The Morgan fingerprint density at radius 2 is 1.67 bits per heavy atom. The van der Waals surface area contributed by atoms with Crippen LogP contribution in [0, 0.1) is 0 Å². The summed E-state index contributed by atoms with van der Waals surface area (Å²) in [5.74, 6) is 0. The lowest BCUT2D eigenvalue weighted by molar-refractivity contribution is 0.158. The Balaban J connectivity index is 2.67. The molecule has 0 fully saturated rings. The molecule has 0 unspecified atom stereocenters. The van der Waals surface area contributed by atoms with E-state index in [1.54, 1.807) is 14.2 Å². The molecular formula is C14H16O3Si. The van der Waals surface area contributed by atoms with Gasteiger partial charge in [0.2, 0.25) is 0 Å². The number of fused-ring (bicyclic) bond motifs is 1. The molecule has 0 saturated carbocycles. The second-order valence-electron chi connectivity index (χ2n) is 3.78. The molecule has 0 aromatic heterocycles. The highest BCUT2D eigenvalue weighted by Crippen LogP contribution is 2.17. The van der Waals surface area contributed by atoms with Crippen LogP contribution in [0.2, 0.25) is 0 Å². The van der Waals surface area contributed by atoms with Crippen molar-refractivity contribution in [2.45, 2.75) is 0 Å². The third-order valence-electron chi connectivity index (χ3n) is 2.90. The van der Waals surface area contributed by atoms with Crippen molar-refractivity contribution in [1.82, 2.24) is 0 Å². The van der Waals surface area contributed by atoms with Crippen LogP contribution in [0.3, 0.4) is 0 Å². The molecule has 18 heavy (non-hydrogen) atoms. The van der Waals surface area contributed by atoms with Crippen LogP contribution in [0.4, 0.5) is 0 Å². The maximum absolute atomic E-state index is 5.58. The van der Waals surface area contributed by atoms with E-state index >= 15 is 0 Å². The van der Waals surface area contributed by atoms with E-state index < -0.39 is 8.80 Å². The predicted octanol–water partition coefficient (Wildman–Crippen LogP) is 2.44. The zero-order chi connectivity index (χ0) is 13.0. The molecule has 0 radical (unpaired) electrons. The molecule has 0 atom stereocenters. The summed E-state index contributed by atoms with van der Waals surface area (Å²) in [4.78, 5) is 0. The van der Waals surface area contributed by atoms with Gasteiger partial charge in [-0.15, -0.1) is 0 Å². The zero-order valence-corrected chi connectivity index (χ0v) is 11.6. The Bertz CT molecular complexity index is 544. The standard InChI is InChI=1S/C14H16O3Si/c1-4-17-18(15-2,16-3)14-11-7-9-12-8-5-6-10-13(12)14/h4-11H,1H2,2-3H3. The number of rotatable bonds is 5. The van der Waals surface area contributed by atoms with Crippen LogP contribution in [-0.4, -0.2) is 23.0 Å². The van der Waals surface area contributed by atoms with Crippen molar-refractivity contribution in [2.75, 3.05) is 14.2 Å². The van der Waals surface area contributed by atoms with E-state index in [9.17, 15) is 0 Å². The highest BCUT2D eigenvalue weighted by molar-refractivity contribution is 6.77. The van der Waals surface area contributed by atoms with E-state index in [4.69, 9.17) is 13.3 Å². The molecule has 2 aromatic carbocycles. The van der Waals surface area contributed by atoms with Crippen LogP contribution in [-0.2, 0) is 13.3 Å². The first kappa shape index (κ1) is 12.8. The van der Waals surface area contributed by atoms with E-state index in [-0.39, 0.29) is 0 Å². The van der Waals surface area contributed by atoms with E-state index in [1.807, 2.05) is 30.3 Å². The number of hydrogen-bond donors (Lipinski definition) is 0. The molecule has 0 bridgehead atoms. The fourth-order valence-electron chi connectivity index (χ4n) is 2.07. The van der Waals surface area contributed by atoms with Crippen LogP contribution in [0.15, 0.2) is 55.3 Å². The van der Waals surface area contributed by atoms with Crippen molar-refractivity contribution in [1.29, 1.82) is 0 Å².